The molecule has 25 heavy (non-hydrogen) atoms. The maximum Gasteiger partial charge on any atom is 0.274 e. The normalized spacial score (nSPS) is 24.7. The number of likely N-dealkylation sites (tertiary alicyclic amines) is 1. The van der Waals surface area contributed by atoms with Crippen molar-refractivity contribution in [1.29, 1.82) is 0 Å². The fourth-order valence-corrected chi connectivity index (χ4v) is 4.70. The fourth-order valence-electron chi connectivity index (χ4n) is 3.69. The molecule has 2 heterocycles. The Bertz CT molecular complexity index is 793. The van der Waals surface area contributed by atoms with Crippen LogP contribution in [0.1, 0.15) is 29.8 Å². The van der Waals surface area contributed by atoms with Crippen LogP contribution in [0.2, 0.25) is 5.02 Å². The Labute approximate surface area is 155 Å². The number of aliphatic hydroxyl groups is 1. The molecule has 130 valence electrons. The molecule has 1 amide bonds. The molecule has 2 fully saturated rings. The Morgan fingerprint density at radius 3 is 2.68 bits per heavy atom. The van der Waals surface area contributed by atoms with E-state index in [2.05, 4.69) is 10.2 Å². The van der Waals surface area contributed by atoms with E-state index >= 15 is 0 Å². The van der Waals surface area contributed by atoms with Crippen LogP contribution < -0.4 is 0 Å². The van der Waals surface area contributed by atoms with Gasteiger partial charge in [-0.3, -0.25) is 4.79 Å². The first-order chi connectivity index (χ1) is 12.1. The molecule has 1 spiro atoms. The van der Waals surface area contributed by atoms with Crippen molar-refractivity contribution in [3.8, 4) is 0 Å². The molecule has 1 aromatic carbocycles. The number of amides is 1. The molecule has 2 aliphatic rings. The second-order valence-electron chi connectivity index (χ2n) is 6.68. The summed E-state index contributed by atoms with van der Waals surface area (Å²) < 4.78 is 0. The monoisotopic (exact) mass is 375 g/mol. The highest BCUT2D eigenvalue weighted by molar-refractivity contribution is 7.99. The smallest absolute Gasteiger partial charge is 0.274 e. The van der Waals surface area contributed by atoms with E-state index in [0.29, 0.717) is 21.7 Å². The van der Waals surface area contributed by atoms with Crippen molar-refractivity contribution in [2.45, 2.75) is 34.7 Å². The van der Waals surface area contributed by atoms with E-state index < -0.39 is 0 Å². The highest BCUT2D eigenvalue weighted by Crippen LogP contribution is 2.50. The van der Waals surface area contributed by atoms with Gasteiger partial charge in [0, 0.05) is 23.6 Å². The summed E-state index contributed by atoms with van der Waals surface area (Å²) in [6.07, 6.45) is 2.80. The number of hydrogen-bond acceptors (Lipinski definition) is 5. The van der Waals surface area contributed by atoms with Crippen molar-refractivity contribution in [3.63, 3.8) is 0 Å². The Morgan fingerprint density at radius 1 is 1.28 bits per heavy atom. The van der Waals surface area contributed by atoms with Gasteiger partial charge in [0.1, 0.15) is 5.03 Å². The lowest BCUT2D eigenvalue weighted by Crippen LogP contribution is -2.68. The quantitative estimate of drug-likeness (QED) is 0.888. The molecule has 1 aromatic heterocycles. The molecule has 0 bridgehead atoms. The Balaban J connectivity index is 1.44. The molecule has 0 radical (unpaired) electrons. The number of carbonyl (C=O) groups excluding carboxylic acids is 1. The molecule has 1 saturated carbocycles. The highest BCUT2D eigenvalue weighted by Gasteiger charge is 2.55. The van der Waals surface area contributed by atoms with E-state index in [4.69, 9.17) is 11.6 Å². The first-order valence-electron chi connectivity index (χ1n) is 8.30. The molecule has 1 aliphatic heterocycles. The van der Waals surface area contributed by atoms with E-state index in [1.807, 2.05) is 29.2 Å². The molecular weight excluding hydrogens is 358 g/mol. The third-order valence-electron chi connectivity index (χ3n) is 5.12. The maximum atomic E-state index is 12.7. The van der Waals surface area contributed by atoms with Crippen molar-refractivity contribution in [2.24, 2.45) is 5.92 Å². The third kappa shape index (κ3) is 3.03. The first kappa shape index (κ1) is 16.8. The molecule has 0 atom stereocenters. The van der Waals surface area contributed by atoms with Crippen LogP contribution in [-0.4, -0.2) is 44.8 Å². The van der Waals surface area contributed by atoms with Gasteiger partial charge in [0.25, 0.3) is 5.91 Å². The van der Waals surface area contributed by atoms with Crippen LogP contribution in [0.4, 0.5) is 0 Å². The molecule has 0 unspecified atom stereocenters. The van der Waals surface area contributed by atoms with Gasteiger partial charge in [-0.05, 0) is 49.4 Å². The largest absolute Gasteiger partial charge is 0.396 e. The second-order valence-corrected chi connectivity index (χ2v) is 8.15. The number of nitrogens with zero attached hydrogens (tertiary/aromatic N) is 3. The van der Waals surface area contributed by atoms with Crippen LogP contribution in [0.3, 0.4) is 0 Å². The maximum absolute atomic E-state index is 12.7. The molecule has 4 rings (SSSR count). The second kappa shape index (κ2) is 6.59. The van der Waals surface area contributed by atoms with Crippen molar-refractivity contribution in [3.05, 3.63) is 47.1 Å². The molecule has 7 heteroatoms. The van der Waals surface area contributed by atoms with Crippen molar-refractivity contribution in [1.82, 2.24) is 15.1 Å². The predicted octanol–water partition coefficient (Wildman–Crippen LogP) is 3.27. The summed E-state index contributed by atoms with van der Waals surface area (Å²) in [4.78, 5) is 15.5. The van der Waals surface area contributed by atoms with Gasteiger partial charge >= 0.3 is 0 Å². The van der Waals surface area contributed by atoms with Crippen LogP contribution in [0.25, 0.3) is 0 Å². The summed E-state index contributed by atoms with van der Waals surface area (Å²) in [5.74, 6) is 0.264. The van der Waals surface area contributed by atoms with E-state index in [0.717, 1.165) is 30.7 Å². The summed E-state index contributed by atoms with van der Waals surface area (Å²) in [7, 11) is 0. The van der Waals surface area contributed by atoms with E-state index in [-0.39, 0.29) is 18.1 Å². The molecule has 1 saturated heterocycles. The molecule has 1 aliphatic carbocycles. The zero-order chi connectivity index (χ0) is 17.4. The van der Waals surface area contributed by atoms with Gasteiger partial charge in [0.2, 0.25) is 0 Å². The van der Waals surface area contributed by atoms with Gasteiger partial charge in [0.15, 0.2) is 5.69 Å². The lowest BCUT2D eigenvalue weighted by atomic mass is 9.61. The average Bonchev–Trinajstić information content (AvgIpc) is 2.56. The summed E-state index contributed by atoms with van der Waals surface area (Å²) in [5.41, 5.74) is 0.326. The Kier molecular flexibility index (Phi) is 4.43. The molecule has 2 aromatic rings. The van der Waals surface area contributed by atoms with E-state index in [1.54, 1.807) is 12.1 Å². The summed E-state index contributed by atoms with van der Waals surface area (Å²) in [6.45, 7) is 0.965. The van der Waals surface area contributed by atoms with E-state index in [1.165, 1.54) is 11.8 Å². The van der Waals surface area contributed by atoms with Gasteiger partial charge in [-0.1, -0.05) is 35.5 Å². The Hall–Kier alpha value is -1.63. The van der Waals surface area contributed by atoms with Gasteiger partial charge in [0.05, 0.1) is 5.02 Å². The molecule has 5 nitrogen and oxygen atoms in total. The zero-order valence-electron chi connectivity index (χ0n) is 13.6. The van der Waals surface area contributed by atoms with Crippen molar-refractivity contribution in [2.75, 3.05) is 13.2 Å². The van der Waals surface area contributed by atoms with Gasteiger partial charge in [-0.25, -0.2) is 0 Å². The SMILES string of the molecule is O=C(c1ccc(Sc2ccccc2Cl)nn1)N1CCC12CC(CO)C2. The summed E-state index contributed by atoms with van der Waals surface area (Å²) in [6, 6.07) is 11.1. The van der Waals surface area contributed by atoms with E-state index in [9.17, 15) is 9.90 Å². The minimum absolute atomic E-state index is 0.0445. The number of aromatic nitrogens is 2. The predicted molar refractivity (Wildman–Crippen MR) is 95.8 cm³/mol. The highest BCUT2D eigenvalue weighted by atomic mass is 35.5. The van der Waals surface area contributed by atoms with Gasteiger partial charge in [-0.15, -0.1) is 10.2 Å². The topological polar surface area (TPSA) is 66.3 Å². The molecule has 1 N–H and O–H groups in total. The number of benzene rings is 1. The van der Waals surface area contributed by atoms with Crippen LogP contribution in [0, 0.1) is 5.92 Å². The third-order valence-corrected chi connectivity index (χ3v) is 6.57. The Morgan fingerprint density at radius 2 is 2.08 bits per heavy atom. The molecular formula is C18H18ClN3O2S. The minimum Gasteiger partial charge on any atom is -0.396 e. The minimum atomic E-state index is -0.0653. The van der Waals surface area contributed by atoms with Crippen LogP contribution >= 0.6 is 23.4 Å². The van der Waals surface area contributed by atoms with Gasteiger partial charge in [-0.2, -0.15) is 0 Å². The summed E-state index contributed by atoms with van der Waals surface area (Å²) >= 11 is 7.58. The lowest BCUT2D eigenvalue weighted by Gasteiger charge is -2.61. The number of carbonyl (C=O) groups is 1. The van der Waals surface area contributed by atoms with Crippen LogP contribution in [0.15, 0.2) is 46.3 Å². The number of rotatable bonds is 4. The number of halogens is 1. The first-order valence-corrected chi connectivity index (χ1v) is 9.50. The average molecular weight is 376 g/mol. The number of aliphatic hydroxyl groups excluding tert-OH is 1. The van der Waals surface area contributed by atoms with Crippen LogP contribution in [-0.2, 0) is 0 Å². The van der Waals surface area contributed by atoms with Crippen LogP contribution in [0.5, 0.6) is 0 Å². The zero-order valence-corrected chi connectivity index (χ0v) is 15.1. The van der Waals surface area contributed by atoms with Gasteiger partial charge < -0.3 is 10.0 Å². The lowest BCUT2D eigenvalue weighted by molar-refractivity contribution is -0.0907. The van der Waals surface area contributed by atoms with Crippen molar-refractivity contribution < 1.29 is 9.90 Å². The summed E-state index contributed by atoms with van der Waals surface area (Å²) in [5, 5.41) is 18.9. The van der Waals surface area contributed by atoms with Crippen molar-refractivity contribution >= 4 is 29.3 Å². The number of hydrogen-bond donors (Lipinski definition) is 1. The standard InChI is InChI=1S/C18H18ClN3O2S/c19-13-3-1-2-4-15(13)25-16-6-5-14(20-21-16)17(24)22-8-7-18(22)9-12(10-18)11-23/h1-6,12,23H,7-11H2. The fraction of sp³-hybridized carbons (Fsp3) is 0.389.